The highest BCUT2D eigenvalue weighted by molar-refractivity contribution is 6.26. The fraction of sp³-hybridized carbons (Fsp3) is 0.560. The molecule has 4 rings (SSSR count). The lowest BCUT2D eigenvalue weighted by Gasteiger charge is -2.30. The fourth-order valence-corrected chi connectivity index (χ4v) is 5.73. The van der Waals surface area contributed by atoms with Crippen molar-refractivity contribution in [2.75, 3.05) is 0 Å². The van der Waals surface area contributed by atoms with Gasteiger partial charge in [-0.25, -0.2) is 0 Å². The van der Waals surface area contributed by atoms with Gasteiger partial charge >= 0.3 is 0 Å². The molecule has 3 nitrogen and oxygen atoms in total. The maximum Gasteiger partial charge on any atom is 0.173 e. The Morgan fingerprint density at radius 1 is 1.07 bits per heavy atom. The molecular weight excluding hydrogens is 348 g/mol. The molecule has 1 fully saturated rings. The highest BCUT2D eigenvalue weighted by Crippen LogP contribution is 2.58. The second kappa shape index (κ2) is 7.18. The van der Waals surface area contributed by atoms with Gasteiger partial charge in [0.1, 0.15) is 5.76 Å². The molecule has 0 radical (unpaired) electrons. The number of carbonyl (C=O) groups excluding carboxylic acids is 1. The molecule has 0 aromatic heterocycles. The Labute approximate surface area is 168 Å². The summed E-state index contributed by atoms with van der Waals surface area (Å²) in [5, 5.41) is 11.3. The third-order valence-corrected chi connectivity index (χ3v) is 6.86. The zero-order valence-corrected chi connectivity index (χ0v) is 17.5. The van der Waals surface area contributed by atoms with Crippen LogP contribution in [0.1, 0.15) is 67.7 Å². The molecule has 3 heteroatoms. The lowest BCUT2D eigenvalue weighted by atomic mass is 9.74. The standard InChI is InChI=1S/C25H32O3/c1-5-6-7-8-9-11-25-12-10-18(28-25)20-22(25)24(27)21(23(20)26)19-16(3)13-15(2)14-17(19)4/h10,12-14,18,20,22,27H,5-9,11H2,1-4H3/t18-,20-,22+,25+/m0/s1. The van der Waals surface area contributed by atoms with E-state index in [4.69, 9.17) is 4.74 Å². The van der Waals surface area contributed by atoms with E-state index in [2.05, 4.69) is 38.1 Å². The molecule has 150 valence electrons. The number of aryl methyl sites for hydroxylation is 3. The van der Waals surface area contributed by atoms with Gasteiger partial charge in [-0.1, -0.05) is 68.9 Å². The van der Waals surface area contributed by atoms with Crippen LogP contribution in [0.3, 0.4) is 0 Å². The van der Waals surface area contributed by atoms with Crippen molar-refractivity contribution in [1.29, 1.82) is 0 Å². The molecule has 0 spiro atoms. The Kier molecular flexibility index (Phi) is 4.99. The molecule has 0 amide bonds. The highest BCUT2D eigenvalue weighted by atomic mass is 16.5. The van der Waals surface area contributed by atoms with Crippen molar-refractivity contribution in [2.24, 2.45) is 11.8 Å². The van der Waals surface area contributed by atoms with Gasteiger partial charge in [0, 0.05) is 0 Å². The SMILES string of the molecule is CCCCCCC[C@]12C=C[C@H](O1)[C@@H]1C(=O)C(c3c(C)cc(C)cc3C)=C(O)[C@@H]12. The molecule has 1 aromatic carbocycles. The van der Waals surface area contributed by atoms with Gasteiger partial charge in [0.15, 0.2) is 5.78 Å². The second-order valence-corrected chi connectivity index (χ2v) is 8.96. The summed E-state index contributed by atoms with van der Waals surface area (Å²) < 4.78 is 6.31. The molecule has 1 saturated heterocycles. The Morgan fingerprint density at radius 3 is 2.43 bits per heavy atom. The van der Waals surface area contributed by atoms with Crippen molar-refractivity contribution in [3.05, 3.63) is 52.3 Å². The fourth-order valence-electron chi connectivity index (χ4n) is 5.73. The number of benzene rings is 1. The largest absolute Gasteiger partial charge is 0.511 e. The molecule has 1 aliphatic carbocycles. The van der Waals surface area contributed by atoms with Gasteiger partial charge < -0.3 is 9.84 Å². The van der Waals surface area contributed by atoms with E-state index in [1.54, 1.807) is 0 Å². The number of rotatable bonds is 7. The van der Waals surface area contributed by atoms with Crippen LogP contribution in [0.15, 0.2) is 30.0 Å². The minimum atomic E-state index is -0.504. The summed E-state index contributed by atoms with van der Waals surface area (Å²) >= 11 is 0. The minimum Gasteiger partial charge on any atom is -0.511 e. The molecule has 0 unspecified atom stereocenters. The van der Waals surface area contributed by atoms with Crippen molar-refractivity contribution < 1.29 is 14.6 Å². The zero-order chi connectivity index (χ0) is 20.1. The third-order valence-electron chi connectivity index (χ3n) is 6.86. The topological polar surface area (TPSA) is 46.5 Å². The first-order valence-electron chi connectivity index (χ1n) is 10.8. The van der Waals surface area contributed by atoms with Crippen molar-refractivity contribution in [1.82, 2.24) is 0 Å². The summed E-state index contributed by atoms with van der Waals surface area (Å²) in [5.41, 5.74) is 4.25. The molecule has 2 aliphatic heterocycles. The number of fused-ring (bicyclic) bond motifs is 5. The van der Waals surface area contributed by atoms with Gasteiger partial charge in [0.05, 0.1) is 29.1 Å². The van der Waals surface area contributed by atoms with Crippen molar-refractivity contribution >= 4 is 11.4 Å². The zero-order valence-electron chi connectivity index (χ0n) is 17.5. The van der Waals surface area contributed by atoms with Gasteiger partial charge in [0.25, 0.3) is 0 Å². The number of allylic oxidation sites excluding steroid dienone is 1. The number of Topliss-reactive ketones (excluding diaryl/α,β-unsaturated/α-hetero) is 1. The van der Waals surface area contributed by atoms with E-state index in [-0.39, 0.29) is 29.5 Å². The summed E-state index contributed by atoms with van der Waals surface area (Å²) in [6.45, 7) is 8.35. The van der Waals surface area contributed by atoms with E-state index in [9.17, 15) is 9.90 Å². The van der Waals surface area contributed by atoms with Gasteiger partial charge in [-0.2, -0.15) is 0 Å². The first-order chi connectivity index (χ1) is 13.4. The average molecular weight is 381 g/mol. The number of hydrogen-bond donors (Lipinski definition) is 1. The van der Waals surface area contributed by atoms with E-state index in [1.807, 2.05) is 13.8 Å². The lowest BCUT2D eigenvalue weighted by Crippen LogP contribution is -2.36. The highest BCUT2D eigenvalue weighted by Gasteiger charge is 2.64. The number of aliphatic hydroxyl groups is 1. The summed E-state index contributed by atoms with van der Waals surface area (Å²) in [7, 11) is 0. The number of ether oxygens (including phenoxy) is 1. The van der Waals surface area contributed by atoms with E-state index in [0.717, 1.165) is 29.5 Å². The van der Waals surface area contributed by atoms with E-state index in [0.29, 0.717) is 5.57 Å². The molecular formula is C25H32O3. The maximum atomic E-state index is 13.4. The number of aliphatic hydroxyl groups excluding tert-OH is 1. The summed E-state index contributed by atoms with van der Waals surface area (Å²) in [6, 6.07) is 4.19. The molecule has 3 aliphatic rings. The first-order valence-corrected chi connectivity index (χ1v) is 10.8. The smallest absolute Gasteiger partial charge is 0.173 e. The van der Waals surface area contributed by atoms with Crippen LogP contribution in [0.25, 0.3) is 5.57 Å². The molecule has 2 heterocycles. The van der Waals surface area contributed by atoms with Crippen LogP contribution < -0.4 is 0 Å². The van der Waals surface area contributed by atoms with Crippen LogP contribution >= 0.6 is 0 Å². The van der Waals surface area contributed by atoms with Gasteiger partial charge in [0.2, 0.25) is 0 Å². The Hall–Kier alpha value is -1.87. The summed E-state index contributed by atoms with van der Waals surface area (Å²) in [5.74, 6) is -0.183. The molecule has 28 heavy (non-hydrogen) atoms. The van der Waals surface area contributed by atoms with Crippen molar-refractivity contribution in [3.63, 3.8) is 0 Å². The third kappa shape index (κ3) is 2.86. The van der Waals surface area contributed by atoms with E-state index in [1.165, 1.54) is 31.2 Å². The molecule has 1 N–H and O–H groups in total. The predicted molar refractivity (Wildman–Crippen MR) is 112 cm³/mol. The minimum absolute atomic E-state index is 0.0553. The normalized spacial score (nSPS) is 30.6. The van der Waals surface area contributed by atoms with Gasteiger partial charge in [-0.05, 0) is 43.9 Å². The molecule has 1 aromatic rings. The molecule has 0 saturated carbocycles. The van der Waals surface area contributed by atoms with Crippen LogP contribution in [0.2, 0.25) is 0 Å². The van der Waals surface area contributed by atoms with Crippen LogP contribution in [0, 0.1) is 32.6 Å². The number of carbonyl (C=O) groups is 1. The van der Waals surface area contributed by atoms with Gasteiger partial charge in [-0.3, -0.25) is 4.79 Å². The van der Waals surface area contributed by atoms with Crippen molar-refractivity contribution in [3.8, 4) is 0 Å². The van der Waals surface area contributed by atoms with E-state index < -0.39 is 5.60 Å². The Bertz CT molecular complexity index is 840. The summed E-state index contributed by atoms with van der Waals surface area (Å²) in [4.78, 5) is 13.4. The lowest BCUT2D eigenvalue weighted by molar-refractivity contribution is -0.118. The number of hydrogen-bond acceptors (Lipinski definition) is 3. The van der Waals surface area contributed by atoms with Crippen LogP contribution in [0.4, 0.5) is 0 Å². The van der Waals surface area contributed by atoms with E-state index >= 15 is 0 Å². The second-order valence-electron chi connectivity index (χ2n) is 8.96. The molecule has 4 atom stereocenters. The maximum absolute atomic E-state index is 13.4. The van der Waals surface area contributed by atoms with Crippen molar-refractivity contribution in [2.45, 2.75) is 77.9 Å². The Balaban J connectivity index is 1.66. The predicted octanol–water partition coefficient (Wildman–Crippen LogP) is 5.76. The Morgan fingerprint density at radius 2 is 1.75 bits per heavy atom. The molecule has 2 bridgehead atoms. The first kappa shape index (κ1) is 19.4. The van der Waals surface area contributed by atoms with Crippen LogP contribution in [-0.2, 0) is 9.53 Å². The number of ketones is 1. The monoisotopic (exact) mass is 380 g/mol. The summed E-state index contributed by atoms with van der Waals surface area (Å²) in [6.07, 6.45) is 10.8. The van der Waals surface area contributed by atoms with Gasteiger partial charge in [-0.15, -0.1) is 0 Å². The van der Waals surface area contributed by atoms with Crippen LogP contribution in [-0.4, -0.2) is 22.6 Å². The van der Waals surface area contributed by atoms with Crippen LogP contribution in [0.5, 0.6) is 0 Å². The quantitative estimate of drug-likeness (QED) is 0.483. The number of unbranched alkanes of at least 4 members (excludes halogenated alkanes) is 4. The average Bonchev–Trinajstić information content (AvgIpc) is 3.27.